The Kier molecular flexibility index (Phi) is 2.51. The van der Waals surface area contributed by atoms with Crippen molar-refractivity contribution in [3.8, 4) is 5.40 Å². The van der Waals surface area contributed by atoms with E-state index in [-0.39, 0.29) is 17.0 Å². The molecular weight excluding hydrogens is 186 g/mol. The average molecular weight is 190 g/mol. The third kappa shape index (κ3) is 1.72. The number of aromatic nitrogens is 2. The molecule has 0 amide bonds. The standard InChI is InChI=1S/C4H3N3O2S2/c5-2-10-1-3-4(8)6-11-7(3)9/h1H2,(H-,6,8,9)/p+1. The van der Waals surface area contributed by atoms with Crippen molar-refractivity contribution < 1.29 is 9.33 Å². The third-order valence-corrected chi connectivity index (χ3v) is 2.21. The van der Waals surface area contributed by atoms with E-state index in [1.165, 1.54) is 0 Å². The number of aromatic amines is 1. The third-order valence-electron chi connectivity index (χ3n) is 0.991. The van der Waals surface area contributed by atoms with Crippen LogP contribution in [-0.2, 0) is 5.75 Å². The van der Waals surface area contributed by atoms with Gasteiger partial charge in [-0.05, 0) is 11.8 Å². The molecule has 1 aromatic heterocycles. The number of H-pyrrole nitrogens is 1. The van der Waals surface area contributed by atoms with Crippen LogP contribution in [0.25, 0.3) is 0 Å². The van der Waals surface area contributed by atoms with E-state index < -0.39 is 0 Å². The summed E-state index contributed by atoms with van der Waals surface area (Å²) in [5.41, 5.74) is -0.151. The maximum Gasteiger partial charge on any atom is 0.391 e. The highest BCUT2D eigenvalue weighted by Gasteiger charge is 2.15. The molecule has 7 heteroatoms. The molecule has 0 aliphatic carbocycles. The minimum absolute atomic E-state index is 0.196. The van der Waals surface area contributed by atoms with Crippen LogP contribution in [0.5, 0.6) is 0 Å². The molecule has 0 saturated heterocycles. The van der Waals surface area contributed by atoms with E-state index in [0.29, 0.717) is 0 Å². The molecule has 0 bridgehead atoms. The molecule has 5 nitrogen and oxygen atoms in total. The molecule has 1 rings (SSSR count). The predicted molar refractivity (Wildman–Crippen MR) is 39.2 cm³/mol. The molecule has 58 valence electrons. The molecule has 1 aromatic rings. The van der Waals surface area contributed by atoms with Gasteiger partial charge in [0, 0.05) is 4.12 Å². The first kappa shape index (κ1) is 8.10. The van der Waals surface area contributed by atoms with Crippen LogP contribution in [0.15, 0.2) is 4.79 Å². The molecule has 0 unspecified atom stereocenters. The fraction of sp³-hybridized carbons (Fsp3) is 0.250. The molecule has 0 spiro atoms. The number of hydrogen-bond donors (Lipinski definition) is 2. The van der Waals surface area contributed by atoms with Gasteiger partial charge in [-0.3, -0.25) is 0 Å². The van der Waals surface area contributed by atoms with Crippen molar-refractivity contribution in [2.24, 2.45) is 0 Å². The molecule has 0 aliphatic heterocycles. The molecule has 0 fully saturated rings. The molecule has 0 aromatic carbocycles. The second kappa shape index (κ2) is 3.41. The quantitative estimate of drug-likeness (QED) is 0.380. The van der Waals surface area contributed by atoms with Crippen molar-refractivity contribution in [3.63, 3.8) is 0 Å². The van der Waals surface area contributed by atoms with Crippen LogP contribution in [0.1, 0.15) is 5.69 Å². The molecule has 0 saturated carbocycles. The van der Waals surface area contributed by atoms with Gasteiger partial charge in [-0.15, -0.1) is 4.37 Å². The largest absolute Gasteiger partial charge is 0.391 e. The fourth-order valence-corrected chi connectivity index (χ4v) is 1.59. The van der Waals surface area contributed by atoms with Gasteiger partial charge in [-0.1, -0.05) is 0 Å². The Morgan fingerprint density at radius 3 is 3.09 bits per heavy atom. The van der Waals surface area contributed by atoms with Crippen LogP contribution < -0.4 is 9.68 Å². The van der Waals surface area contributed by atoms with Crippen LogP contribution in [0, 0.1) is 10.7 Å². The van der Waals surface area contributed by atoms with Gasteiger partial charge < -0.3 is 5.21 Å². The summed E-state index contributed by atoms with van der Waals surface area (Å²) in [5, 5.41) is 18.9. The van der Waals surface area contributed by atoms with Crippen LogP contribution >= 0.6 is 23.5 Å². The normalized spacial score (nSPS) is 9.36. The topological polar surface area (TPSA) is 80.8 Å². The fourth-order valence-electron chi connectivity index (χ4n) is 0.507. The van der Waals surface area contributed by atoms with Crippen molar-refractivity contribution >= 4 is 23.5 Å². The summed E-state index contributed by atoms with van der Waals surface area (Å²) in [6.45, 7) is 0. The smallest absolute Gasteiger partial charge is 0.339 e. The van der Waals surface area contributed by atoms with Gasteiger partial charge in [0.25, 0.3) is 17.4 Å². The number of hydrogen-bond acceptors (Lipinski definition) is 5. The first-order valence-corrected chi connectivity index (χ1v) is 4.34. The molecular formula is C4H4N3O2S2+. The zero-order valence-electron chi connectivity index (χ0n) is 5.27. The Morgan fingerprint density at radius 2 is 2.64 bits per heavy atom. The van der Waals surface area contributed by atoms with E-state index in [9.17, 15) is 4.79 Å². The lowest BCUT2D eigenvalue weighted by atomic mass is 10.5. The van der Waals surface area contributed by atoms with Gasteiger partial charge in [0.2, 0.25) is 0 Å². The lowest BCUT2D eigenvalue weighted by Gasteiger charge is -1.82. The second-order valence-electron chi connectivity index (χ2n) is 1.62. The second-order valence-corrected chi connectivity index (χ2v) is 3.11. The van der Waals surface area contributed by atoms with E-state index >= 15 is 0 Å². The average Bonchev–Trinajstić information content (AvgIpc) is 2.29. The van der Waals surface area contributed by atoms with Crippen LogP contribution in [0.2, 0.25) is 0 Å². The Morgan fingerprint density at radius 1 is 1.91 bits per heavy atom. The number of rotatable bonds is 2. The van der Waals surface area contributed by atoms with E-state index in [0.717, 1.165) is 27.6 Å². The van der Waals surface area contributed by atoms with Crippen molar-refractivity contribution in [1.82, 2.24) is 4.37 Å². The van der Waals surface area contributed by atoms with E-state index in [4.69, 9.17) is 10.5 Å². The highest BCUT2D eigenvalue weighted by atomic mass is 32.2. The van der Waals surface area contributed by atoms with Gasteiger partial charge in [0.15, 0.2) is 0 Å². The van der Waals surface area contributed by atoms with Crippen molar-refractivity contribution in [3.05, 3.63) is 16.0 Å². The van der Waals surface area contributed by atoms with Gasteiger partial charge >= 0.3 is 5.56 Å². The predicted octanol–water partition coefficient (Wildman–Crippen LogP) is -0.325. The highest BCUT2D eigenvalue weighted by Crippen LogP contribution is 2.02. The minimum atomic E-state index is -0.347. The lowest BCUT2D eigenvalue weighted by molar-refractivity contribution is -0.856. The van der Waals surface area contributed by atoms with E-state index in [1.807, 2.05) is 0 Å². The molecule has 0 aliphatic rings. The number of nitrogens with one attached hydrogen (secondary N) is 1. The lowest BCUT2D eigenvalue weighted by Crippen LogP contribution is -2.32. The Balaban J connectivity index is 2.86. The van der Waals surface area contributed by atoms with Gasteiger partial charge in [0.05, 0.1) is 5.75 Å². The summed E-state index contributed by atoms with van der Waals surface area (Å²) in [6.07, 6.45) is 0. The zero-order chi connectivity index (χ0) is 8.27. The summed E-state index contributed by atoms with van der Waals surface area (Å²) in [5.74, 6) is 0.200. The van der Waals surface area contributed by atoms with Crippen LogP contribution in [-0.4, -0.2) is 9.58 Å². The molecule has 2 N–H and O–H groups in total. The maximum absolute atomic E-state index is 10.8. The monoisotopic (exact) mass is 190 g/mol. The first-order chi connectivity index (χ1) is 5.25. The summed E-state index contributed by atoms with van der Waals surface area (Å²) < 4.78 is 3.05. The Hall–Kier alpha value is -1.00. The number of thiocyanates is 1. The summed E-state index contributed by atoms with van der Waals surface area (Å²) in [4.78, 5) is 10.8. The maximum atomic E-state index is 10.8. The van der Waals surface area contributed by atoms with Crippen molar-refractivity contribution in [1.29, 1.82) is 5.26 Å². The zero-order valence-corrected chi connectivity index (χ0v) is 6.91. The Labute approximate surface area is 70.2 Å². The minimum Gasteiger partial charge on any atom is -0.339 e. The number of thioether (sulfide) groups is 1. The number of nitrogens with zero attached hydrogens (tertiary/aromatic N) is 2. The molecule has 1 heterocycles. The molecule has 0 atom stereocenters. The van der Waals surface area contributed by atoms with Crippen LogP contribution in [0.4, 0.5) is 0 Å². The van der Waals surface area contributed by atoms with Gasteiger partial charge in [0.1, 0.15) is 5.40 Å². The number of nitriles is 1. The summed E-state index contributed by atoms with van der Waals surface area (Å²) >= 11 is 1.70. The highest BCUT2D eigenvalue weighted by molar-refractivity contribution is 8.02. The Bertz CT molecular complexity index is 336. The first-order valence-electron chi connectivity index (χ1n) is 2.58. The van der Waals surface area contributed by atoms with Gasteiger partial charge in [-0.2, -0.15) is 5.26 Å². The van der Waals surface area contributed by atoms with Gasteiger partial charge in [-0.25, -0.2) is 4.79 Å². The molecule has 0 radical (unpaired) electrons. The summed E-state index contributed by atoms with van der Waals surface area (Å²) in [7, 11) is 0. The van der Waals surface area contributed by atoms with Crippen LogP contribution in [0.3, 0.4) is 0 Å². The van der Waals surface area contributed by atoms with E-state index in [2.05, 4.69) is 4.37 Å². The van der Waals surface area contributed by atoms with E-state index in [1.54, 1.807) is 5.40 Å². The molecule has 11 heavy (non-hydrogen) atoms. The van der Waals surface area contributed by atoms with Crippen molar-refractivity contribution in [2.45, 2.75) is 5.75 Å². The SMILES string of the molecule is N#CSCc1c(=O)[nH]s[n+]1O. The van der Waals surface area contributed by atoms with Crippen molar-refractivity contribution in [2.75, 3.05) is 0 Å². The summed E-state index contributed by atoms with van der Waals surface area (Å²) in [6, 6.07) is 0.